The lowest BCUT2D eigenvalue weighted by molar-refractivity contribution is 0.398. The molecule has 0 aliphatic heterocycles. The predicted octanol–water partition coefficient (Wildman–Crippen LogP) is 3.73. The molecule has 3 rings (SSSR count). The third-order valence-electron chi connectivity index (χ3n) is 3.00. The fourth-order valence-corrected chi connectivity index (χ4v) is 2.43. The van der Waals surface area contributed by atoms with Gasteiger partial charge in [-0.3, -0.25) is 0 Å². The van der Waals surface area contributed by atoms with Crippen LogP contribution in [0, 0.1) is 0 Å². The van der Waals surface area contributed by atoms with Crippen LogP contribution in [0.1, 0.15) is 0 Å². The highest BCUT2D eigenvalue weighted by Crippen LogP contribution is 2.25. The molecule has 21 heavy (non-hydrogen) atoms. The van der Waals surface area contributed by atoms with E-state index in [1.165, 1.54) is 0 Å². The van der Waals surface area contributed by atoms with Crippen LogP contribution in [0.25, 0.3) is 10.8 Å². The van der Waals surface area contributed by atoms with Gasteiger partial charge in [0.2, 0.25) is 11.8 Å². The van der Waals surface area contributed by atoms with Gasteiger partial charge in [0.15, 0.2) is 0 Å². The Morgan fingerprint density at radius 3 is 2.62 bits per heavy atom. The molecule has 5 nitrogen and oxygen atoms in total. The monoisotopic (exact) mass is 344 g/mol. The van der Waals surface area contributed by atoms with E-state index in [1.807, 2.05) is 24.3 Å². The highest BCUT2D eigenvalue weighted by Gasteiger charge is 2.04. The number of hydrogen-bond acceptors (Lipinski definition) is 5. The molecular formula is C15H13BrN4O. The number of anilines is 3. The summed E-state index contributed by atoms with van der Waals surface area (Å²) in [5.41, 5.74) is 6.57. The molecule has 1 aromatic heterocycles. The SMILES string of the molecule is COc1cc(Nc2ccc3cc(Br)ccc3c2)nc(N)n1. The standard InChI is InChI=1S/C15H13BrN4O/c1-21-14-8-13(19-15(17)20-14)18-12-5-3-9-6-11(16)4-2-10(9)7-12/h2-8H,1H3,(H3,17,18,19,20). The first-order valence-electron chi connectivity index (χ1n) is 6.29. The fourth-order valence-electron chi connectivity index (χ4n) is 2.05. The maximum absolute atomic E-state index is 5.65. The summed E-state index contributed by atoms with van der Waals surface area (Å²) in [6.07, 6.45) is 0. The van der Waals surface area contributed by atoms with Gasteiger partial charge in [-0.15, -0.1) is 0 Å². The van der Waals surface area contributed by atoms with Gasteiger partial charge < -0.3 is 15.8 Å². The molecule has 0 unspecified atom stereocenters. The van der Waals surface area contributed by atoms with Crippen molar-refractivity contribution in [3.05, 3.63) is 46.9 Å². The molecule has 0 spiro atoms. The van der Waals surface area contributed by atoms with E-state index in [0.29, 0.717) is 11.7 Å². The Morgan fingerprint density at radius 2 is 1.81 bits per heavy atom. The number of nitrogen functional groups attached to an aromatic ring is 1. The van der Waals surface area contributed by atoms with Crippen molar-refractivity contribution in [1.82, 2.24) is 9.97 Å². The maximum Gasteiger partial charge on any atom is 0.225 e. The summed E-state index contributed by atoms with van der Waals surface area (Å²) in [6.45, 7) is 0. The first-order valence-corrected chi connectivity index (χ1v) is 7.08. The van der Waals surface area contributed by atoms with Crippen molar-refractivity contribution in [3.8, 4) is 5.88 Å². The maximum atomic E-state index is 5.65. The lowest BCUT2D eigenvalue weighted by Crippen LogP contribution is -2.01. The third kappa shape index (κ3) is 3.05. The molecule has 3 N–H and O–H groups in total. The molecule has 0 saturated carbocycles. The number of hydrogen-bond donors (Lipinski definition) is 2. The number of nitrogens with one attached hydrogen (secondary N) is 1. The van der Waals surface area contributed by atoms with Crippen molar-refractivity contribution in [3.63, 3.8) is 0 Å². The van der Waals surface area contributed by atoms with E-state index in [4.69, 9.17) is 10.5 Å². The van der Waals surface area contributed by atoms with Crippen LogP contribution in [0.5, 0.6) is 5.88 Å². The highest BCUT2D eigenvalue weighted by molar-refractivity contribution is 9.10. The Kier molecular flexibility index (Phi) is 3.62. The zero-order valence-corrected chi connectivity index (χ0v) is 12.9. The van der Waals surface area contributed by atoms with Gasteiger partial charge >= 0.3 is 0 Å². The van der Waals surface area contributed by atoms with Crippen molar-refractivity contribution < 1.29 is 4.74 Å². The molecule has 0 bridgehead atoms. The van der Waals surface area contributed by atoms with Crippen LogP contribution in [0.4, 0.5) is 17.5 Å². The van der Waals surface area contributed by atoms with Crippen LogP contribution in [0.15, 0.2) is 46.9 Å². The Morgan fingerprint density at radius 1 is 1.05 bits per heavy atom. The summed E-state index contributed by atoms with van der Waals surface area (Å²) in [4.78, 5) is 8.09. The first kappa shape index (κ1) is 13.6. The second kappa shape index (κ2) is 5.57. The van der Waals surface area contributed by atoms with E-state index in [-0.39, 0.29) is 5.95 Å². The average Bonchev–Trinajstić information content (AvgIpc) is 2.47. The Bertz CT molecular complexity index is 807. The minimum absolute atomic E-state index is 0.168. The fraction of sp³-hybridized carbons (Fsp3) is 0.0667. The van der Waals surface area contributed by atoms with Crippen LogP contribution >= 0.6 is 15.9 Å². The third-order valence-corrected chi connectivity index (χ3v) is 3.50. The molecule has 0 radical (unpaired) electrons. The van der Waals surface area contributed by atoms with Gasteiger partial charge in [-0.1, -0.05) is 28.1 Å². The van der Waals surface area contributed by atoms with Gasteiger partial charge in [-0.05, 0) is 35.0 Å². The van der Waals surface area contributed by atoms with E-state index in [1.54, 1.807) is 13.2 Å². The number of rotatable bonds is 3. The molecule has 1 heterocycles. The molecule has 6 heteroatoms. The zero-order chi connectivity index (χ0) is 14.8. The van der Waals surface area contributed by atoms with Crippen molar-refractivity contribution in [2.75, 3.05) is 18.2 Å². The van der Waals surface area contributed by atoms with Crippen molar-refractivity contribution in [1.29, 1.82) is 0 Å². The van der Waals surface area contributed by atoms with Crippen LogP contribution in [-0.2, 0) is 0 Å². The Balaban J connectivity index is 1.94. The first-order chi connectivity index (χ1) is 10.1. The molecule has 0 aliphatic rings. The van der Waals surface area contributed by atoms with Crippen LogP contribution in [-0.4, -0.2) is 17.1 Å². The van der Waals surface area contributed by atoms with Gasteiger partial charge in [-0.2, -0.15) is 9.97 Å². The van der Waals surface area contributed by atoms with E-state index < -0.39 is 0 Å². The second-order valence-electron chi connectivity index (χ2n) is 4.48. The summed E-state index contributed by atoms with van der Waals surface area (Å²) in [6, 6.07) is 13.9. The van der Waals surface area contributed by atoms with Crippen molar-refractivity contribution in [2.45, 2.75) is 0 Å². The van der Waals surface area contributed by atoms with Crippen molar-refractivity contribution >= 4 is 44.2 Å². The summed E-state index contributed by atoms with van der Waals surface area (Å²) in [7, 11) is 1.54. The number of benzene rings is 2. The summed E-state index contributed by atoms with van der Waals surface area (Å²) in [5, 5.41) is 5.50. The highest BCUT2D eigenvalue weighted by atomic mass is 79.9. The van der Waals surface area contributed by atoms with E-state index in [2.05, 4.69) is 43.3 Å². The average molecular weight is 345 g/mol. The Hall–Kier alpha value is -2.34. The summed E-state index contributed by atoms with van der Waals surface area (Å²) < 4.78 is 6.14. The molecule has 2 aromatic carbocycles. The second-order valence-corrected chi connectivity index (χ2v) is 5.40. The number of aromatic nitrogens is 2. The summed E-state index contributed by atoms with van der Waals surface area (Å²) >= 11 is 3.47. The van der Waals surface area contributed by atoms with Crippen LogP contribution in [0.2, 0.25) is 0 Å². The zero-order valence-electron chi connectivity index (χ0n) is 11.3. The largest absolute Gasteiger partial charge is 0.481 e. The van der Waals surface area contributed by atoms with Gasteiger partial charge in [0.05, 0.1) is 7.11 Å². The molecule has 3 aromatic rings. The minimum Gasteiger partial charge on any atom is -0.481 e. The van der Waals surface area contributed by atoms with Gasteiger partial charge in [0, 0.05) is 16.2 Å². The minimum atomic E-state index is 0.168. The number of ether oxygens (including phenoxy) is 1. The van der Waals surface area contributed by atoms with E-state index in [0.717, 1.165) is 20.9 Å². The normalized spacial score (nSPS) is 10.6. The van der Waals surface area contributed by atoms with Gasteiger partial charge in [-0.25, -0.2) is 0 Å². The smallest absolute Gasteiger partial charge is 0.225 e. The number of nitrogens with two attached hydrogens (primary N) is 1. The number of fused-ring (bicyclic) bond motifs is 1. The van der Waals surface area contributed by atoms with E-state index in [9.17, 15) is 0 Å². The molecule has 106 valence electrons. The van der Waals surface area contributed by atoms with Gasteiger partial charge in [0.25, 0.3) is 0 Å². The quantitative estimate of drug-likeness (QED) is 0.757. The topological polar surface area (TPSA) is 73.1 Å². The van der Waals surface area contributed by atoms with Crippen molar-refractivity contribution in [2.24, 2.45) is 0 Å². The molecular weight excluding hydrogens is 332 g/mol. The van der Waals surface area contributed by atoms with Crippen LogP contribution in [0.3, 0.4) is 0 Å². The summed E-state index contributed by atoms with van der Waals surface area (Å²) in [5.74, 6) is 1.19. The molecule has 0 saturated heterocycles. The number of nitrogens with zero attached hydrogens (tertiary/aromatic N) is 2. The number of halogens is 1. The Labute approximate surface area is 130 Å². The molecule has 0 aliphatic carbocycles. The molecule has 0 atom stereocenters. The lowest BCUT2D eigenvalue weighted by atomic mass is 10.1. The van der Waals surface area contributed by atoms with E-state index >= 15 is 0 Å². The lowest BCUT2D eigenvalue weighted by Gasteiger charge is -2.09. The van der Waals surface area contributed by atoms with Crippen LogP contribution < -0.4 is 15.8 Å². The molecule has 0 amide bonds. The predicted molar refractivity (Wildman–Crippen MR) is 87.9 cm³/mol. The van der Waals surface area contributed by atoms with Gasteiger partial charge in [0.1, 0.15) is 5.82 Å². The molecule has 0 fully saturated rings. The number of methoxy groups -OCH3 is 1.